The maximum Gasteiger partial charge on any atom is 0.309 e. The van der Waals surface area contributed by atoms with Gasteiger partial charge in [-0.25, -0.2) is 0 Å². The maximum atomic E-state index is 11.3. The normalized spacial score (nSPS) is 30.1. The molecule has 1 saturated carbocycles. The fourth-order valence-corrected chi connectivity index (χ4v) is 1.57. The third-order valence-corrected chi connectivity index (χ3v) is 2.79. The molecule has 2 aliphatic rings. The van der Waals surface area contributed by atoms with E-state index in [1.54, 1.807) is 0 Å². The Morgan fingerprint density at radius 3 is 2.80 bits per heavy atom. The second kappa shape index (κ2) is 3.81. The molecule has 1 aliphatic carbocycles. The smallest absolute Gasteiger partial charge is 0.309 e. The highest BCUT2D eigenvalue weighted by molar-refractivity contribution is 5.75. The topological polar surface area (TPSA) is 72.8 Å². The summed E-state index contributed by atoms with van der Waals surface area (Å²) in [4.78, 5) is 22.2. The third-order valence-electron chi connectivity index (χ3n) is 2.79. The van der Waals surface area contributed by atoms with Crippen molar-refractivity contribution in [3.05, 3.63) is 0 Å². The Bertz CT molecular complexity index is 284. The van der Waals surface area contributed by atoms with Crippen LogP contribution in [0.3, 0.4) is 0 Å². The van der Waals surface area contributed by atoms with Gasteiger partial charge in [0.1, 0.15) is 6.61 Å². The number of esters is 2. The van der Waals surface area contributed by atoms with Gasteiger partial charge in [0.05, 0.1) is 12.5 Å². The molecular weight excluding hydrogens is 200 g/mol. The molecule has 0 aromatic rings. The zero-order valence-electron chi connectivity index (χ0n) is 8.40. The van der Waals surface area contributed by atoms with Crippen molar-refractivity contribution in [3.8, 4) is 0 Å². The van der Waals surface area contributed by atoms with Crippen LogP contribution in [0.25, 0.3) is 0 Å². The minimum absolute atomic E-state index is 0.0232. The van der Waals surface area contributed by atoms with Crippen molar-refractivity contribution in [2.75, 3.05) is 13.2 Å². The zero-order valence-corrected chi connectivity index (χ0v) is 8.40. The summed E-state index contributed by atoms with van der Waals surface area (Å²) in [6.07, 6.45) is 2.46. The van der Waals surface area contributed by atoms with E-state index in [0.717, 1.165) is 12.8 Å². The number of cyclic esters (lactones) is 1. The summed E-state index contributed by atoms with van der Waals surface area (Å²) in [6, 6.07) is 0. The summed E-state index contributed by atoms with van der Waals surface area (Å²) < 4.78 is 10.00. The minimum Gasteiger partial charge on any atom is -0.461 e. The Labute approximate surface area is 87.4 Å². The molecule has 1 N–H and O–H groups in total. The standard InChI is InChI=1S/C10H14O5/c11-5-10(4-3-8(12)15-10)6-14-9(13)7-1-2-7/h7,11H,1-6H2. The second-order valence-corrected chi connectivity index (χ2v) is 4.20. The Hall–Kier alpha value is -1.10. The fraction of sp³-hybridized carbons (Fsp3) is 0.800. The molecule has 2 rings (SSSR count). The lowest BCUT2D eigenvalue weighted by molar-refractivity contribution is -0.167. The summed E-state index contributed by atoms with van der Waals surface area (Å²) in [5.41, 5.74) is -0.984. The summed E-state index contributed by atoms with van der Waals surface area (Å²) in [7, 11) is 0. The Balaban J connectivity index is 1.84. The fourth-order valence-electron chi connectivity index (χ4n) is 1.57. The Kier molecular flexibility index (Phi) is 2.65. The van der Waals surface area contributed by atoms with E-state index < -0.39 is 5.60 Å². The van der Waals surface area contributed by atoms with Gasteiger partial charge in [-0.3, -0.25) is 9.59 Å². The van der Waals surface area contributed by atoms with Crippen LogP contribution >= 0.6 is 0 Å². The molecule has 5 nitrogen and oxygen atoms in total. The van der Waals surface area contributed by atoms with Crippen LogP contribution in [0.1, 0.15) is 25.7 Å². The molecule has 1 heterocycles. The van der Waals surface area contributed by atoms with Crippen molar-refractivity contribution < 1.29 is 24.2 Å². The molecule has 0 spiro atoms. The van der Waals surface area contributed by atoms with Crippen LogP contribution in [0.5, 0.6) is 0 Å². The van der Waals surface area contributed by atoms with Gasteiger partial charge in [0.25, 0.3) is 0 Å². The predicted molar refractivity (Wildman–Crippen MR) is 48.8 cm³/mol. The number of ether oxygens (including phenoxy) is 2. The lowest BCUT2D eigenvalue weighted by atomic mass is 10.0. The van der Waals surface area contributed by atoms with Crippen molar-refractivity contribution >= 4 is 11.9 Å². The zero-order chi connectivity index (χ0) is 10.9. The molecule has 84 valence electrons. The number of hydrogen-bond donors (Lipinski definition) is 1. The van der Waals surface area contributed by atoms with Crippen molar-refractivity contribution in [2.45, 2.75) is 31.3 Å². The average Bonchev–Trinajstić information content (AvgIpc) is 3.01. The van der Waals surface area contributed by atoms with Crippen LogP contribution in [-0.2, 0) is 19.1 Å². The number of carbonyl (C=O) groups is 2. The number of aliphatic hydroxyl groups excluding tert-OH is 1. The lowest BCUT2D eigenvalue weighted by Crippen LogP contribution is -2.39. The lowest BCUT2D eigenvalue weighted by Gasteiger charge is -2.24. The second-order valence-electron chi connectivity index (χ2n) is 4.20. The van der Waals surface area contributed by atoms with Crippen LogP contribution in [0.4, 0.5) is 0 Å². The summed E-state index contributed by atoms with van der Waals surface area (Å²) >= 11 is 0. The molecule has 5 heteroatoms. The van der Waals surface area contributed by atoms with Gasteiger partial charge in [-0.1, -0.05) is 0 Å². The van der Waals surface area contributed by atoms with E-state index in [4.69, 9.17) is 14.6 Å². The Morgan fingerprint density at radius 2 is 2.33 bits per heavy atom. The van der Waals surface area contributed by atoms with Crippen LogP contribution in [0.15, 0.2) is 0 Å². The molecule has 0 radical (unpaired) electrons. The van der Waals surface area contributed by atoms with Gasteiger partial charge < -0.3 is 14.6 Å². The molecule has 2 fully saturated rings. The van der Waals surface area contributed by atoms with Gasteiger partial charge in [-0.2, -0.15) is 0 Å². The first-order chi connectivity index (χ1) is 7.15. The van der Waals surface area contributed by atoms with E-state index >= 15 is 0 Å². The van der Waals surface area contributed by atoms with Gasteiger partial charge in [0.2, 0.25) is 0 Å². The van der Waals surface area contributed by atoms with Crippen molar-refractivity contribution in [2.24, 2.45) is 5.92 Å². The number of hydrogen-bond acceptors (Lipinski definition) is 5. The highest BCUT2D eigenvalue weighted by Gasteiger charge is 2.42. The average molecular weight is 214 g/mol. The SMILES string of the molecule is O=C1CCC(CO)(COC(=O)C2CC2)O1. The van der Waals surface area contributed by atoms with E-state index in [1.165, 1.54) is 0 Å². The number of aliphatic hydroxyl groups is 1. The van der Waals surface area contributed by atoms with E-state index in [2.05, 4.69) is 0 Å². The molecule has 1 aliphatic heterocycles. The summed E-state index contributed by atoms with van der Waals surface area (Å²) in [5.74, 6) is -0.560. The highest BCUT2D eigenvalue weighted by atomic mass is 16.6. The van der Waals surface area contributed by atoms with E-state index in [-0.39, 0.29) is 37.5 Å². The first kappa shape index (κ1) is 10.4. The third kappa shape index (κ3) is 2.28. The molecular formula is C10H14O5. The predicted octanol–water partition coefficient (Wildman–Crippen LogP) is 0.00770. The summed E-state index contributed by atoms with van der Waals surface area (Å²) in [6.45, 7) is -0.318. The quantitative estimate of drug-likeness (QED) is 0.667. The van der Waals surface area contributed by atoms with Crippen LogP contribution in [-0.4, -0.2) is 35.9 Å². The molecule has 0 aromatic carbocycles. The van der Waals surface area contributed by atoms with Gasteiger partial charge in [-0.05, 0) is 12.8 Å². The van der Waals surface area contributed by atoms with Gasteiger partial charge in [-0.15, -0.1) is 0 Å². The van der Waals surface area contributed by atoms with Crippen LogP contribution in [0.2, 0.25) is 0 Å². The molecule has 0 aromatic heterocycles. The van der Waals surface area contributed by atoms with Crippen molar-refractivity contribution in [1.29, 1.82) is 0 Å². The Morgan fingerprint density at radius 1 is 1.60 bits per heavy atom. The first-order valence-electron chi connectivity index (χ1n) is 5.14. The number of carbonyl (C=O) groups excluding carboxylic acids is 2. The van der Waals surface area contributed by atoms with Crippen molar-refractivity contribution in [3.63, 3.8) is 0 Å². The van der Waals surface area contributed by atoms with Gasteiger partial charge in [0.15, 0.2) is 5.60 Å². The minimum atomic E-state index is -0.984. The molecule has 1 unspecified atom stereocenters. The highest BCUT2D eigenvalue weighted by Crippen LogP contribution is 2.32. The van der Waals surface area contributed by atoms with E-state index in [9.17, 15) is 9.59 Å². The first-order valence-corrected chi connectivity index (χ1v) is 5.14. The maximum absolute atomic E-state index is 11.3. The largest absolute Gasteiger partial charge is 0.461 e. The molecule has 1 saturated heterocycles. The number of rotatable bonds is 4. The van der Waals surface area contributed by atoms with Crippen LogP contribution in [0, 0.1) is 5.92 Å². The molecule has 1 atom stereocenters. The molecule has 0 bridgehead atoms. The summed E-state index contributed by atoms with van der Waals surface area (Å²) in [5, 5.41) is 9.13. The van der Waals surface area contributed by atoms with Crippen molar-refractivity contribution in [1.82, 2.24) is 0 Å². The molecule has 15 heavy (non-hydrogen) atoms. The van der Waals surface area contributed by atoms with Gasteiger partial charge in [0, 0.05) is 12.8 Å². The van der Waals surface area contributed by atoms with Gasteiger partial charge >= 0.3 is 11.9 Å². The monoisotopic (exact) mass is 214 g/mol. The van der Waals surface area contributed by atoms with E-state index in [0.29, 0.717) is 6.42 Å². The van der Waals surface area contributed by atoms with E-state index in [1.807, 2.05) is 0 Å². The molecule has 0 amide bonds. The van der Waals surface area contributed by atoms with Crippen LogP contribution < -0.4 is 0 Å².